The Morgan fingerprint density at radius 2 is 1.43 bits per heavy atom. The predicted octanol–water partition coefficient (Wildman–Crippen LogP) is 2.78. The Balaban J connectivity index is 3.99. The first-order valence-corrected chi connectivity index (χ1v) is 14.0. The lowest BCUT2D eigenvalue weighted by atomic mass is 10.4. The maximum atomic E-state index is 11.6. The van der Waals surface area contributed by atoms with Gasteiger partial charge in [0.1, 0.15) is 0 Å². The van der Waals surface area contributed by atoms with E-state index in [0.717, 1.165) is 19.0 Å². The number of rotatable bonds is 14. The van der Waals surface area contributed by atoms with Gasteiger partial charge in [-0.3, -0.25) is 4.79 Å². The van der Waals surface area contributed by atoms with E-state index < -0.39 is 17.1 Å². The van der Waals surface area contributed by atoms with Gasteiger partial charge in [-0.15, -0.1) is 0 Å². The van der Waals surface area contributed by atoms with Gasteiger partial charge in [0.25, 0.3) is 5.97 Å². The summed E-state index contributed by atoms with van der Waals surface area (Å²) in [4.78, 5) is 11.6. The van der Waals surface area contributed by atoms with Crippen molar-refractivity contribution in [1.82, 2.24) is 5.32 Å². The molecule has 0 fully saturated rings. The van der Waals surface area contributed by atoms with Crippen molar-refractivity contribution in [3.63, 3.8) is 0 Å². The molecule has 0 rings (SSSR count). The molecule has 1 N–H and O–H groups in total. The molecule has 0 saturated carbocycles. The molecule has 23 heavy (non-hydrogen) atoms. The van der Waals surface area contributed by atoms with Crippen LogP contribution in [0.5, 0.6) is 0 Å². The van der Waals surface area contributed by atoms with Gasteiger partial charge in [-0.2, -0.15) is 0 Å². The Morgan fingerprint density at radius 3 is 1.87 bits per heavy atom. The molecule has 0 aromatic rings. The minimum atomic E-state index is -2.54. The van der Waals surface area contributed by atoms with Crippen LogP contribution in [0, 0.1) is 0 Å². The van der Waals surface area contributed by atoms with Crippen LogP contribution in [0.25, 0.3) is 0 Å². The van der Waals surface area contributed by atoms with Crippen LogP contribution in [-0.4, -0.2) is 56.0 Å². The predicted molar refractivity (Wildman–Crippen MR) is 97.0 cm³/mol. The molecule has 0 atom stereocenters. The SMILES string of the molecule is CCO[Si](CCCNCCC(=O)O[Si](C)(C)C)(OCC)OCC. The molecule has 0 spiro atoms. The summed E-state index contributed by atoms with van der Waals surface area (Å²) < 4.78 is 22.8. The second-order valence-electron chi connectivity index (χ2n) is 6.17. The quantitative estimate of drug-likeness (QED) is 0.377. The first-order chi connectivity index (χ1) is 10.8. The largest absolute Gasteiger partial charge is 0.520 e. The Bertz CT molecular complexity index is 306. The van der Waals surface area contributed by atoms with Crippen LogP contribution in [-0.2, 0) is 22.5 Å². The Kier molecular flexibility index (Phi) is 12.0. The van der Waals surface area contributed by atoms with Crippen molar-refractivity contribution < 1.29 is 22.5 Å². The van der Waals surface area contributed by atoms with Crippen molar-refractivity contribution in [3.8, 4) is 0 Å². The summed E-state index contributed by atoms with van der Waals surface area (Å²) in [6.45, 7) is 15.2. The number of carbonyl (C=O) groups excluding carboxylic acids is 1. The molecule has 138 valence electrons. The Hall–Kier alpha value is -0.256. The highest BCUT2D eigenvalue weighted by atomic mass is 28.4. The van der Waals surface area contributed by atoms with Crippen LogP contribution in [0.15, 0.2) is 0 Å². The van der Waals surface area contributed by atoms with E-state index in [1.54, 1.807) is 0 Å². The minimum absolute atomic E-state index is 0.113. The third kappa shape index (κ3) is 11.9. The highest BCUT2D eigenvalue weighted by Gasteiger charge is 2.39. The molecule has 0 amide bonds. The van der Waals surface area contributed by atoms with Crippen molar-refractivity contribution in [2.45, 2.75) is 59.3 Å². The van der Waals surface area contributed by atoms with Gasteiger partial charge in [0.15, 0.2) is 0 Å². The molecule has 0 saturated heterocycles. The molecule has 0 aromatic carbocycles. The van der Waals surface area contributed by atoms with Crippen molar-refractivity contribution in [2.75, 3.05) is 32.9 Å². The van der Waals surface area contributed by atoms with Crippen LogP contribution < -0.4 is 5.32 Å². The molecule has 0 bridgehead atoms. The average molecular weight is 366 g/mol. The van der Waals surface area contributed by atoms with Gasteiger partial charge in [0.05, 0.1) is 6.42 Å². The molecule has 0 aliphatic heterocycles. The van der Waals surface area contributed by atoms with Crippen LogP contribution in [0.1, 0.15) is 33.6 Å². The van der Waals surface area contributed by atoms with Crippen LogP contribution in [0.4, 0.5) is 0 Å². The molecule has 0 heterocycles. The number of nitrogens with one attached hydrogen (secondary N) is 1. The maximum absolute atomic E-state index is 11.6. The molecule has 0 aromatic heterocycles. The normalized spacial score (nSPS) is 12.4. The molecule has 6 nitrogen and oxygen atoms in total. The number of hydrogen-bond donors (Lipinski definition) is 1. The fourth-order valence-corrected chi connectivity index (χ4v) is 5.54. The van der Waals surface area contributed by atoms with E-state index in [9.17, 15) is 4.79 Å². The zero-order valence-corrected chi connectivity index (χ0v) is 17.7. The standard InChI is InChI=1S/C15H35NO5Si2/c1-7-18-23(19-8-2,20-9-3)14-10-12-16-13-11-15(17)21-22(4,5)6/h16H,7-14H2,1-6H3. The summed E-state index contributed by atoms with van der Waals surface area (Å²) >= 11 is 0. The number of hydrogen-bond acceptors (Lipinski definition) is 6. The van der Waals surface area contributed by atoms with Gasteiger partial charge in [0, 0.05) is 32.4 Å². The lowest BCUT2D eigenvalue weighted by Crippen LogP contribution is -2.46. The maximum Gasteiger partial charge on any atom is 0.500 e. The molecule has 0 aliphatic rings. The van der Waals surface area contributed by atoms with Gasteiger partial charge in [-0.05, 0) is 53.4 Å². The zero-order valence-electron chi connectivity index (χ0n) is 15.7. The van der Waals surface area contributed by atoms with E-state index in [1.165, 1.54) is 0 Å². The molecular formula is C15H35NO5Si2. The highest BCUT2D eigenvalue weighted by Crippen LogP contribution is 2.17. The summed E-state index contributed by atoms with van der Waals surface area (Å²) in [5.41, 5.74) is 0. The van der Waals surface area contributed by atoms with E-state index in [1.807, 2.05) is 40.4 Å². The van der Waals surface area contributed by atoms with E-state index in [-0.39, 0.29) is 5.97 Å². The van der Waals surface area contributed by atoms with Gasteiger partial charge in [-0.25, -0.2) is 0 Å². The molecule has 0 radical (unpaired) electrons. The second-order valence-corrected chi connectivity index (χ2v) is 13.3. The van der Waals surface area contributed by atoms with E-state index in [0.29, 0.717) is 32.8 Å². The zero-order chi connectivity index (χ0) is 17.8. The summed E-state index contributed by atoms with van der Waals surface area (Å²) in [6.07, 6.45) is 1.31. The fraction of sp³-hybridized carbons (Fsp3) is 0.933. The lowest BCUT2D eigenvalue weighted by Gasteiger charge is -2.28. The Morgan fingerprint density at radius 1 is 0.913 bits per heavy atom. The fourth-order valence-electron chi connectivity index (χ4n) is 2.14. The minimum Gasteiger partial charge on any atom is -0.520 e. The smallest absolute Gasteiger partial charge is 0.500 e. The van der Waals surface area contributed by atoms with E-state index >= 15 is 0 Å². The molecular weight excluding hydrogens is 330 g/mol. The number of carbonyl (C=O) groups is 1. The summed E-state index contributed by atoms with van der Waals surface area (Å²) in [7, 11) is -4.30. The van der Waals surface area contributed by atoms with Crippen LogP contribution in [0.3, 0.4) is 0 Å². The van der Waals surface area contributed by atoms with Gasteiger partial charge in [-0.1, -0.05) is 0 Å². The average Bonchev–Trinajstić information content (AvgIpc) is 2.41. The second kappa shape index (κ2) is 12.2. The van der Waals surface area contributed by atoms with Gasteiger partial charge < -0.3 is 23.0 Å². The monoisotopic (exact) mass is 365 g/mol. The highest BCUT2D eigenvalue weighted by molar-refractivity contribution is 6.71. The topological polar surface area (TPSA) is 66.0 Å². The van der Waals surface area contributed by atoms with Gasteiger partial charge >= 0.3 is 8.80 Å². The molecule has 8 heteroatoms. The van der Waals surface area contributed by atoms with E-state index in [2.05, 4.69) is 5.32 Å². The summed E-state index contributed by atoms with van der Waals surface area (Å²) in [5.74, 6) is -0.113. The molecule has 0 aliphatic carbocycles. The van der Waals surface area contributed by atoms with Crippen LogP contribution in [0.2, 0.25) is 25.7 Å². The summed E-state index contributed by atoms with van der Waals surface area (Å²) in [6, 6.07) is 0.787. The third-order valence-corrected chi connectivity index (χ3v) is 6.85. The van der Waals surface area contributed by atoms with Crippen molar-refractivity contribution in [3.05, 3.63) is 0 Å². The van der Waals surface area contributed by atoms with Crippen molar-refractivity contribution in [1.29, 1.82) is 0 Å². The lowest BCUT2D eigenvalue weighted by molar-refractivity contribution is -0.135. The van der Waals surface area contributed by atoms with Crippen LogP contribution >= 0.6 is 0 Å². The Labute approximate surface area is 143 Å². The van der Waals surface area contributed by atoms with Gasteiger partial charge in [0.2, 0.25) is 8.32 Å². The van der Waals surface area contributed by atoms with E-state index in [4.69, 9.17) is 17.7 Å². The van der Waals surface area contributed by atoms with Crippen molar-refractivity contribution in [2.24, 2.45) is 0 Å². The third-order valence-electron chi connectivity index (χ3n) is 2.86. The van der Waals surface area contributed by atoms with Crippen molar-refractivity contribution >= 4 is 23.1 Å². The first-order valence-electron chi connectivity index (χ1n) is 8.63. The first kappa shape index (κ1) is 22.7. The molecule has 0 unspecified atom stereocenters. The summed E-state index contributed by atoms with van der Waals surface area (Å²) in [5, 5.41) is 3.27.